The van der Waals surface area contributed by atoms with E-state index in [4.69, 9.17) is 9.47 Å². The van der Waals surface area contributed by atoms with Gasteiger partial charge in [0, 0.05) is 36.2 Å². The number of benzene rings is 1. The Morgan fingerprint density at radius 2 is 2.14 bits per heavy atom. The van der Waals surface area contributed by atoms with Crippen molar-refractivity contribution in [1.29, 1.82) is 0 Å². The second-order valence-electron chi connectivity index (χ2n) is 9.16. The van der Waals surface area contributed by atoms with Crippen LogP contribution in [0.4, 0.5) is 0 Å². The summed E-state index contributed by atoms with van der Waals surface area (Å²) in [6, 6.07) is 5.89. The Kier molecular flexibility index (Phi) is 7.92. The van der Waals surface area contributed by atoms with Gasteiger partial charge in [0.05, 0.1) is 18.8 Å². The lowest BCUT2D eigenvalue weighted by atomic mass is 10.0. The first-order chi connectivity index (χ1) is 16.9. The molecule has 188 valence electrons. The molecule has 2 atom stereocenters. The van der Waals surface area contributed by atoms with Gasteiger partial charge < -0.3 is 14.5 Å². The molecule has 0 amide bonds. The van der Waals surface area contributed by atoms with E-state index in [9.17, 15) is 9.59 Å². The molecular weight excluding hydrogens is 448 g/mol. The molecule has 35 heavy (non-hydrogen) atoms. The molecule has 4 rings (SSSR count). The lowest BCUT2D eigenvalue weighted by Crippen LogP contribution is -2.38. The molecule has 0 spiro atoms. The van der Waals surface area contributed by atoms with Crippen LogP contribution in [0.5, 0.6) is 0 Å². The van der Waals surface area contributed by atoms with Crippen LogP contribution >= 0.6 is 0 Å². The van der Waals surface area contributed by atoms with Crippen molar-refractivity contribution in [2.75, 3.05) is 19.8 Å². The number of aromatic nitrogens is 5. The minimum Gasteiger partial charge on any atom is -0.465 e. The zero-order valence-corrected chi connectivity index (χ0v) is 20.9. The number of pyridine rings is 1. The van der Waals surface area contributed by atoms with Crippen molar-refractivity contribution in [1.82, 2.24) is 30.1 Å². The largest absolute Gasteiger partial charge is 0.465 e. The molecule has 1 aromatic carbocycles. The lowest BCUT2D eigenvalue weighted by Gasteiger charge is -2.32. The Balaban J connectivity index is 1.68. The number of nitrogens with zero attached hydrogens (tertiary/aromatic N) is 5. The highest BCUT2D eigenvalue weighted by molar-refractivity contribution is 5.83. The summed E-state index contributed by atoms with van der Waals surface area (Å²) >= 11 is 0. The second kappa shape index (κ2) is 11.1. The van der Waals surface area contributed by atoms with Crippen molar-refractivity contribution >= 4 is 16.9 Å². The fraction of sp³-hybridized carbons (Fsp3) is 0.560. The van der Waals surface area contributed by atoms with E-state index in [1.807, 2.05) is 26.0 Å². The number of fused-ring (bicyclic) bond motifs is 1. The number of aromatic amines is 1. The number of tetrazole rings is 1. The standard InChI is InChI=1S/C25H34N6O4/c1-5-22(24-27-28-29-31(24)15-23(32)34-6-2)30(14-19-8-7-9-35-19)13-18-12-20-17(4)10-16(3)11-21(20)26-25(18)33/h10-12,19,22H,5-9,13-15H2,1-4H3,(H,26,33). The van der Waals surface area contributed by atoms with E-state index in [0.29, 0.717) is 37.5 Å². The number of esters is 1. The third-order valence-electron chi connectivity index (χ3n) is 6.49. The van der Waals surface area contributed by atoms with Gasteiger partial charge in [0.1, 0.15) is 6.54 Å². The number of aryl methyl sites for hydroxylation is 2. The van der Waals surface area contributed by atoms with Gasteiger partial charge in [0.15, 0.2) is 5.82 Å². The number of hydrogen-bond acceptors (Lipinski definition) is 8. The van der Waals surface area contributed by atoms with Gasteiger partial charge in [-0.05, 0) is 73.7 Å². The van der Waals surface area contributed by atoms with Crippen LogP contribution in [0.3, 0.4) is 0 Å². The molecule has 10 heteroatoms. The molecule has 0 aliphatic carbocycles. The van der Waals surface area contributed by atoms with Gasteiger partial charge in [-0.2, -0.15) is 0 Å². The Morgan fingerprint density at radius 3 is 2.86 bits per heavy atom. The predicted octanol–water partition coefficient (Wildman–Crippen LogP) is 2.83. The maximum atomic E-state index is 13.1. The smallest absolute Gasteiger partial charge is 0.327 e. The zero-order chi connectivity index (χ0) is 24.9. The predicted molar refractivity (Wildman–Crippen MR) is 131 cm³/mol. The Labute approximate surface area is 204 Å². The van der Waals surface area contributed by atoms with Crippen molar-refractivity contribution in [3.05, 3.63) is 51.1 Å². The summed E-state index contributed by atoms with van der Waals surface area (Å²) in [7, 11) is 0. The molecule has 1 aliphatic rings. The molecule has 0 bridgehead atoms. The molecule has 0 saturated carbocycles. The Hall–Kier alpha value is -3.11. The number of H-pyrrole nitrogens is 1. The molecule has 2 aromatic heterocycles. The number of carbonyl (C=O) groups is 1. The van der Waals surface area contributed by atoms with E-state index in [0.717, 1.165) is 41.5 Å². The number of nitrogens with one attached hydrogen (secondary N) is 1. The SMILES string of the molecule is CCOC(=O)Cn1nnnc1C(CC)N(Cc1cc2c(C)cc(C)cc2[nH]c1=O)CC1CCCO1. The molecule has 3 heterocycles. The first kappa shape index (κ1) is 25.0. The summed E-state index contributed by atoms with van der Waals surface area (Å²) in [5.41, 5.74) is 3.63. The summed E-state index contributed by atoms with van der Waals surface area (Å²) in [4.78, 5) is 30.5. The normalized spacial score (nSPS) is 16.8. The highest BCUT2D eigenvalue weighted by atomic mass is 16.5. The average Bonchev–Trinajstić information content (AvgIpc) is 3.48. The number of rotatable bonds is 10. The number of carbonyl (C=O) groups excluding carboxylic acids is 1. The summed E-state index contributed by atoms with van der Waals surface area (Å²) in [5.74, 6) is 0.181. The molecule has 1 aliphatic heterocycles. The molecule has 1 fully saturated rings. The summed E-state index contributed by atoms with van der Waals surface area (Å²) in [6.45, 7) is 9.91. The third kappa shape index (κ3) is 5.76. The summed E-state index contributed by atoms with van der Waals surface area (Å²) in [5, 5.41) is 13.2. The van der Waals surface area contributed by atoms with Crippen LogP contribution in [0.15, 0.2) is 23.0 Å². The average molecular weight is 483 g/mol. The van der Waals surface area contributed by atoms with Crippen molar-refractivity contribution in [3.8, 4) is 0 Å². The van der Waals surface area contributed by atoms with Gasteiger partial charge in [0.2, 0.25) is 0 Å². The van der Waals surface area contributed by atoms with Gasteiger partial charge in [-0.1, -0.05) is 13.0 Å². The molecule has 1 N–H and O–H groups in total. The van der Waals surface area contributed by atoms with E-state index in [1.54, 1.807) is 6.92 Å². The fourth-order valence-corrected chi connectivity index (χ4v) is 4.90. The van der Waals surface area contributed by atoms with Gasteiger partial charge in [0.25, 0.3) is 5.56 Å². The fourth-order valence-electron chi connectivity index (χ4n) is 4.90. The van der Waals surface area contributed by atoms with Gasteiger partial charge in [-0.15, -0.1) is 5.10 Å². The summed E-state index contributed by atoms with van der Waals surface area (Å²) in [6.07, 6.45) is 2.75. The lowest BCUT2D eigenvalue weighted by molar-refractivity contribution is -0.144. The van der Waals surface area contributed by atoms with Crippen LogP contribution in [-0.4, -0.2) is 61.9 Å². The monoisotopic (exact) mass is 482 g/mol. The van der Waals surface area contributed by atoms with Crippen LogP contribution in [-0.2, 0) is 27.4 Å². The van der Waals surface area contributed by atoms with Crippen molar-refractivity contribution in [3.63, 3.8) is 0 Å². The minimum atomic E-state index is -0.390. The summed E-state index contributed by atoms with van der Waals surface area (Å²) < 4.78 is 12.5. The molecule has 3 aromatic rings. The maximum absolute atomic E-state index is 13.1. The Bertz CT molecular complexity index is 1230. The van der Waals surface area contributed by atoms with Crippen LogP contribution in [0.2, 0.25) is 0 Å². The molecule has 0 radical (unpaired) electrons. The first-order valence-corrected chi connectivity index (χ1v) is 12.3. The van der Waals surface area contributed by atoms with Crippen LogP contribution in [0, 0.1) is 13.8 Å². The third-order valence-corrected chi connectivity index (χ3v) is 6.49. The van der Waals surface area contributed by atoms with Gasteiger partial charge >= 0.3 is 5.97 Å². The van der Waals surface area contributed by atoms with Crippen molar-refractivity contribution in [2.24, 2.45) is 0 Å². The molecule has 1 saturated heterocycles. The highest BCUT2D eigenvalue weighted by Gasteiger charge is 2.30. The Morgan fingerprint density at radius 1 is 1.31 bits per heavy atom. The topological polar surface area (TPSA) is 115 Å². The van der Waals surface area contributed by atoms with E-state index in [1.165, 1.54) is 4.68 Å². The minimum absolute atomic E-state index is 0.0600. The van der Waals surface area contributed by atoms with E-state index in [2.05, 4.69) is 38.4 Å². The zero-order valence-electron chi connectivity index (χ0n) is 20.9. The van der Waals surface area contributed by atoms with E-state index >= 15 is 0 Å². The van der Waals surface area contributed by atoms with E-state index < -0.39 is 5.97 Å². The van der Waals surface area contributed by atoms with Crippen LogP contribution < -0.4 is 5.56 Å². The van der Waals surface area contributed by atoms with Crippen molar-refractivity contribution in [2.45, 2.75) is 72.2 Å². The molecule has 10 nitrogen and oxygen atoms in total. The first-order valence-electron chi connectivity index (χ1n) is 12.3. The van der Waals surface area contributed by atoms with Crippen LogP contribution in [0.25, 0.3) is 10.9 Å². The van der Waals surface area contributed by atoms with Crippen LogP contribution in [0.1, 0.15) is 61.7 Å². The molecule has 2 unspecified atom stereocenters. The van der Waals surface area contributed by atoms with Gasteiger partial charge in [-0.3, -0.25) is 14.5 Å². The quantitative estimate of drug-likeness (QED) is 0.439. The van der Waals surface area contributed by atoms with E-state index in [-0.39, 0.29) is 24.2 Å². The number of hydrogen-bond donors (Lipinski definition) is 1. The number of ether oxygens (including phenoxy) is 2. The van der Waals surface area contributed by atoms with Gasteiger partial charge in [-0.25, -0.2) is 4.68 Å². The highest BCUT2D eigenvalue weighted by Crippen LogP contribution is 2.27. The van der Waals surface area contributed by atoms with Crippen molar-refractivity contribution < 1.29 is 14.3 Å². The molecular formula is C25H34N6O4. The second-order valence-corrected chi connectivity index (χ2v) is 9.16. The maximum Gasteiger partial charge on any atom is 0.327 e.